The normalized spacial score (nSPS) is 19.2. The molecule has 2 heterocycles. The van der Waals surface area contributed by atoms with Crippen molar-refractivity contribution in [3.8, 4) is 0 Å². The van der Waals surface area contributed by atoms with Crippen LogP contribution in [0.5, 0.6) is 0 Å². The van der Waals surface area contributed by atoms with Crippen molar-refractivity contribution in [2.75, 3.05) is 10.7 Å². The Kier molecular flexibility index (Phi) is 4.06. The van der Waals surface area contributed by atoms with Crippen molar-refractivity contribution in [1.82, 2.24) is 0 Å². The summed E-state index contributed by atoms with van der Waals surface area (Å²) in [6.45, 7) is 0. The van der Waals surface area contributed by atoms with Gasteiger partial charge in [-0.1, -0.05) is 35.4 Å². The minimum atomic E-state index is 0.214. The van der Waals surface area contributed by atoms with Gasteiger partial charge in [0.2, 0.25) is 0 Å². The molecule has 1 aromatic heterocycles. The minimum Gasteiger partial charge on any atom is -0.318 e. The quantitative estimate of drug-likeness (QED) is 0.649. The molecule has 2 aromatic rings. The van der Waals surface area contributed by atoms with Gasteiger partial charge in [0, 0.05) is 21.3 Å². The first-order chi connectivity index (χ1) is 9.15. The smallest absolute Gasteiger partial charge is 0.115 e. The molecule has 1 saturated heterocycles. The van der Waals surface area contributed by atoms with Crippen molar-refractivity contribution in [2.45, 2.75) is 5.37 Å². The maximum Gasteiger partial charge on any atom is 0.115 e. The highest BCUT2D eigenvalue weighted by molar-refractivity contribution is 8.02. The number of rotatable bonds is 2. The zero-order valence-electron chi connectivity index (χ0n) is 9.68. The van der Waals surface area contributed by atoms with E-state index in [1.807, 2.05) is 42.1 Å². The minimum absolute atomic E-state index is 0.214. The van der Waals surface area contributed by atoms with E-state index in [-0.39, 0.29) is 5.37 Å². The monoisotopic (exact) mass is 345 g/mol. The second-order valence-electron chi connectivity index (χ2n) is 4.05. The number of nitrogens with zero attached hydrogens (tertiary/aromatic N) is 1. The van der Waals surface area contributed by atoms with E-state index in [1.165, 1.54) is 4.88 Å². The molecule has 0 N–H and O–H groups in total. The first kappa shape index (κ1) is 13.7. The van der Waals surface area contributed by atoms with Crippen LogP contribution >= 0.6 is 58.5 Å². The van der Waals surface area contributed by atoms with E-state index in [9.17, 15) is 0 Å². The van der Waals surface area contributed by atoms with Gasteiger partial charge >= 0.3 is 0 Å². The lowest BCUT2D eigenvalue weighted by Gasteiger charge is -2.24. The zero-order valence-corrected chi connectivity index (χ0v) is 13.6. The van der Waals surface area contributed by atoms with Gasteiger partial charge in [0.05, 0.1) is 9.32 Å². The summed E-state index contributed by atoms with van der Waals surface area (Å²) < 4.78 is 0.810. The number of thiophene rings is 1. The van der Waals surface area contributed by atoms with Crippen molar-refractivity contribution in [3.05, 3.63) is 50.6 Å². The lowest BCUT2D eigenvalue weighted by atomic mass is 10.2. The van der Waals surface area contributed by atoms with Gasteiger partial charge in [-0.3, -0.25) is 0 Å². The standard InChI is InChI=1S/C13H9Cl2NS3/c14-8-1-3-9(4-2-8)16-12(17)7-18-13(16)10-5-6-11(15)19-10/h1-6,13H,7H2. The van der Waals surface area contributed by atoms with Crippen LogP contribution in [0.1, 0.15) is 10.3 Å². The number of benzene rings is 1. The molecule has 0 amide bonds. The number of anilines is 1. The molecule has 1 aliphatic rings. The summed E-state index contributed by atoms with van der Waals surface area (Å²) >= 11 is 20.9. The van der Waals surface area contributed by atoms with E-state index in [2.05, 4.69) is 11.0 Å². The van der Waals surface area contributed by atoms with Crippen molar-refractivity contribution < 1.29 is 0 Å². The van der Waals surface area contributed by atoms with Crippen LogP contribution in [0.15, 0.2) is 36.4 Å². The predicted molar refractivity (Wildman–Crippen MR) is 91.1 cm³/mol. The summed E-state index contributed by atoms with van der Waals surface area (Å²) in [7, 11) is 0. The molecule has 1 aliphatic heterocycles. The predicted octanol–water partition coefficient (Wildman–Crippen LogP) is 5.63. The Hall–Kier alpha value is -0.260. The molecule has 0 bridgehead atoms. The number of hydrogen-bond donors (Lipinski definition) is 0. The second-order valence-corrected chi connectivity index (χ2v) is 7.77. The zero-order chi connectivity index (χ0) is 13.4. The lowest BCUT2D eigenvalue weighted by Crippen LogP contribution is -2.25. The van der Waals surface area contributed by atoms with Crippen LogP contribution in [0.25, 0.3) is 0 Å². The number of thiocarbonyl (C=S) groups is 1. The Balaban J connectivity index is 1.96. The van der Waals surface area contributed by atoms with Crippen LogP contribution in [0.2, 0.25) is 9.36 Å². The fraction of sp³-hybridized carbons (Fsp3) is 0.154. The van der Waals surface area contributed by atoms with E-state index in [4.69, 9.17) is 35.4 Å². The van der Waals surface area contributed by atoms with Crippen molar-refractivity contribution in [1.29, 1.82) is 0 Å². The summed E-state index contributed by atoms with van der Waals surface area (Å²) in [5.74, 6) is 0.859. The molecule has 0 aliphatic carbocycles. The highest BCUT2D eigenvalue weighted by Crippen LogP contribution is 2.45. The van der Waals surface area contributed by atoms with Crippen LogP contribution in [0.4, 0.5) is 5.69 Å². The molecule has 1 fully saturated rings. The molecule has 1 unspecified atom stereocenters. The first-order valence-electron chi connectivity index (χ1n) is 5.59. The van der Waals surface area contributed by atoms with Crippen LogP contribution in [0, 0.1) is 0 Å². The summed E-state index contributed by atoms with van der Waals surface area (Å²) in [5.41, 5.74) is 1.08. The van der Waals surface area contributed by atoms with Gasteiger partial charge in [-0.25, -0.2) is 0 Å². The molecule has 6 heteroatoms. The van der Waals surface area contributed by atoms with Gasteiger partial charge in [0.25, 0.3) is 0 Å². The Morgan fingerprint density at radius 2 is 1.84 bits per heavy atom. The number of thioether (sulfide) groups is 1. The van der Waals surface area contributed by atoms with Gasteiger partial charge in [-0.15, -0.1) is 23.1 Å². The van der Waals surface area contributed by atoms with E-state index in [1.54, 1.807) is 11.3 Å². The molecule has 0 radical (unpaired) electrons. The molecule has 19 heavy (non-hydrogen) atoms. The molecule has 0 spiro atoms. The molecule has 1 atom stereocenters. The number of halogens is 2. The highest BCUT2D eigenvalue weighted by atomic mass is 35.5. The van der Waals surface area contributed by atoms with Crippen molar-refractivity contribution in [3.63, 3.8) is 0 Å². The van der Waals surface area contributed by atoms with E-state index in [0.29, 0.717) is 0 Å². The summed E-state index contributed by atoms with van der Waals surface area (Å²) in [6.07, 6.45) is 0. The van der Waals surface area contributed by atoms with Gasteiger partial charge in [-0.2, -0.15) is 0 Å². The third-order valence-corrected chi connectivity index (χ3v) is 6.24. The largest absolute Gasteiger partial charge is 0.318 e. The Labute approximate surface area is 135 Å². The fourth-order valence-electron chi connectivity index (χ4n) is 1.98. The van der Waals surface area contributed by atoms with Gasteiger partial charge in [0.15, 0.2) is 0 Å². The Morgan fingerprint density at radius 3 is 2.47 bits per heavy atom. The maximum absolute atomic E-state index is 6.03. The second kappa shape index (κ2) is 5.62. The number of hydrogen-bond acceptors (Lipinski definition) is 3. The SMILES string of the molecule is S=C1CSC(c2ccc(Cl)s2)N1c1ccc(Cl)cc1. The Morgan fingerprint density at radius 1 is 1.11 bits per heavy atom. The average Bonchev–Trinajstić information content (AvgIpc) is 2.97. The van der Waals surface area contributed by atoms with E-state index in [0.717, 1.165) is 25.8 Å². The topological polar surface area (TPSA) is 3.24 Å². The summed E-state index contributed by atoms with van der Waals surface area (Å²) in [5, 5.41) is 0.948. The molecule has 3 rings (SSSR count). The van der Waals surface area contributed by atoms with Crippen molar-refractivity contribution >= 4 is 69.2 Å². The molecule has 0 saturated carbocycles. The van der Waals surface area contributed by atoms with Crippen LogP contribution in [0.3, 0.4) is 0 Å². The van der Waals surface area contributed by atoms with Gasteiger partial charge in [0.1, 0.15) is 5.37 Å². The fourth-order valence-corrected chi connectivity index (χ4v) is 5.05. The molecule has 98 valence electrons. The Bertz CT molecular complexity index is 609. The first-order valence-corrected chi connectivity index (χ1v) is 8.62. The third-order valence-electron chi connectivity index (χ3n) is 2.81. The van der Waals surface area contributed by atoms with Gasteiger partial charge < -0.3 is 4.90 Å². The third kappa shape index (κ3) is 2.78. The van der Waals surface area contributed by atoms with E-state index >= 15 is 0 Å². The van der Waals surface area contributed by atoms with Crippen LogP contribution in [-0.2, 0) is 0 Å². The summed E-state index contributed by atoms with van der Waals surface area (Å²) in [4.78, 5) is 4.35. The summed E-state index contributed by atoms with van der Waals surface area (Å²) in [6, 6.07) is 11.8. The highest BCUT2D eigenvalue weighted by Gasteiger charge is 2.32. The van der Waals surface area contributed by atoms with E-state index < -0.39 is 0 Å². The molecule has 1 nitrogen and oxygen atoms in total. The molecular weight excluding hydrogens is 337 g/mol. The van der Waals surface area contributed by atoms with Gasteiger partial charge in [-0.05, 0) is 36.4 Å². The van der Waals surface area contributed by atoms with Crippen molar-refractivity contribution in [2.24, 2.45) is 0 Å². The van der Waals surface area contributed by atoms with Crippen LogP contribution in [-0.4, -0.2) is 10.7 Å². The van der Waals surface area contributed by atoms with Crippen LogP contribution < -0.4 is 4.90 Å². The average molecular weight is 346 g/mol. The molecular formula is C13H9Cl2NS3. The lowest BCUT2D eigenvalue weighted by molar-refractivity contribution is 1.03. The maximum atomic E-state index is 6.03. The molecule has 1 aromatic carbocycles.